The van der Waals surface area contributed by atoms with Crippen LogP contribution in [0.25, 0.3) is 11.1 Å². The van der Waals surface area contributed by atoms with E-state index in [1.165, 1.54) is 11.3 Å². The van der Waals surface area contributed by atoms with Gasteiger partial charge in [0.2, 0.25) is 0 Å². The number of primary amides is 1. The molecule has 2 N–H and O–H groups in total. The van der Waals surface area contributed by atoms with Gasteiger partial charge in [-0.05, 0) is 66.6 Å². The van der Waals surface area contributed by atoms with Gasteiger partial charge in [0.1, 0.15) is 0 Å². The summed E-state index contributed by atoms with van der Waals surface area (Å²) in [6, 6.07) is 9.42. The number of piperidine rings is 1. The molecule has 0 spiro atoms. The average Bonchev–Trinajstić information content (AvgIpc) is 3.05. The van der Waals surface area contributed by atoms with Gasteiger partial charge in [0.25, 0.3) is 11.8 Å². The van der Waals surface area contributed by atoms with Crippen LogP contribution in [0.1, 0.15) is 20.0 Å². The van der Waals surface area contributed by atoms with E-state index in [9.17, 15) is 9.59 Å². The zero-order valence-electron chi connectivity index (χ0n) is 15.0. The Bertz CT molecular complexity index is 831. The van der Waals surface area contributed by atoms with E-state index >= 15 is 0 Å². The zero-order chi connectivity index (χ0) is 18.4. The highest BCUT2D eigenvalue weighted by atomic mass is 32.1. The van der Waals surface area contributed by atoms with Crippen LogP contribution in [0.3, 0.4) is 0 Å². The standard InChI is InChI=1S/C20H23N3O2S/c1-22(2)8-15-16-9-23(10-17(15)16)20(25)13-5-3-12(4-6-13)14-7-18(19(21)24)26-11-14/h3-7,11,15-17H,8-10H2,1-2H3,(H2,21,24)/t15?,16-,17+. The number of fused-ring (bicyclic) bond motifs is 1. The highest BCUT2D eigenvalue weighted by Gasteiger charge is 2.56. The molecule has 5 nitrogen and oxygen atoms in total. The molecule has 2 heterocycles. The van der Waals surface area contributed by atoms with Gasteiger partial charge in [0.05, 0.1) is 4.88 Å². The fourth-order valence-electron chi connectivity index (χ4n) is 4.11. The predicted molar refractivity (Wildman–Crippen MR) is 103 cm³/mol. The number of carbonyl (C=O) groups is 2. The molecular weight excluding hydrogens is 346 g/mol. The van der Waals surface area contributed by atoms with Crippen LogP contribution in [-0.4, -0.2) is 55.3 Å². The van der Waals surface area contributed by atoms with E-state index in [1.807, 2.05) is 34.5 Å². The second kappa shape index (κ2) is 6.52. The first kappa shape index (κ1) is 17.2. The van der Waals surface area contributed by atoms with Gasteiger partial charge in [0.15, 0.2) is 0 Å². The molecule has 136 valence electrons. The molecule has 1 saturated heterocycles. The first-order valence-electron chi connectivity index (χ1n) is 8.87. The minimum absolute atomic E-state index is 0.121. The second-order valence-corrected chi connectivity index (χ2v) is 8.52. The maximum Gasteiger partial charge on any atom is 0.258 e. The summed E-state index contributed by atoms with van der Waals surface area (Å²) in [6.07, 6.45) is 0. The molecule has 2 amide bonds. The fourth-order valence-corrected chi connectivity index (χ4v) is 4.88. The second-order valence-electron chi connectivity index (χ2n) is 7.61. The van der Waals surface area contributed by atoms with E-state index in [1.54, 1.807) is 6.07 Å². The third-order valence-electron chi connectivity index (χ3n) is 5.54. The molecule has 3 atom stereocenters. The Labute approximate surface area is 157 Å². The van der Waals surface area contributed by atoms with Crippen molar-refractivity contribution in [2.45, 2.75) is 0 Å². The van der Waals surface area contributed by atoms with Gasteiger partial charge in [0, 0.05) is 25.2 Å². The summed E-state index contributed by atoms with van der Waals surface area (Å²) < 4.78 is 0. The summed E-state index contributed by atoms with van der Waals surface area (Å²) in [5.41, 5.74) is 7.98. The highest BCUT2D eigenvalue weighted by Crippen LogP contribution is 2.52. The molecule has 2 aliphatic rings. The molecule has 1 aromatic carbocycles. The lowest BCUT2D eigenvalue weighted by Gasteiger charge is -2.21. The highest BCUT2D eigenvalue weighted by molar-refractivity contribution is 7.12. The number of benzene rings is 1. The lowest BCUT2D eigenvalue weighted by atomic mass is 10.1. The van der Waals surface area contributed by atoms with Gasteiger partial charge in [-0.25, -0.2) is 0 Å². The molecule has 1 aromatic heterocycles. The van der Waals surface area contributed by atoms with Crippen molar-refractivity contribution in [2.75, 3.05) is 33.7 Å². The summed E-state index contributed by atoms with van der Waals surface area (Å²) in [4.78, 5) is 28.7. The molecule has 1 aliphatic heterocycles. The number of rotatable bonds is 5. The van der Waals surface area contributed by atoms with E-state index in [2.05, 4.69) is 19.0 Å². The lowest BCUT2D eigenvalue weighted by molar-refractivity contribution is 0.0765. The van der Waals surface area contributed by atoms with Gasteiger partial charge in [-0.15, -0.1) is 11.3 Å². The van der Waals surface area contributed by atoms with Crippen molar-refractivity contribution in [3.05, 3.63) is 46.2 Å². The van der Waals surface area contributed by atoms with Crippen LogP contribution in [0.5, 0.6) is 0 Å². The van der Waals surface area contributed by atoms with Crippen molar-refractivity contribution < 1.29 is 9.59 Å². The van der Waals surface area contributed by atoms with Crippen LogP contribution >= 0.6 is 11.3 Å². The van der Waals surface area contributed by atoms with Gasteiger partial charge in [-0.3, -0.25) is 9.59 Å². The van der Waals surface area contributed by atoms with E-state index in [-0.39, 0.29) is 5.91 Å². The molecule has 26 heavy (non-hydrogen) atoms. The molecule has 0 radical (unpaired) electrons. The number of hydrogen-bond acceptors (Lipinski definition) is 4. The largest absolute Gasteiger partial charge is 0.365 e. The Morgan fingerprint density at radius 3 is 2.35 bits per heavy atom. The van der Waals surface area contributed by atoms with Crippen LogP contribution in [0.4, 0.5) is 0 Å². The van der Waals surface area contributed by atoms with E-state index in [0.717, 1.165) is 42.2 Å². The number of hydrogen-bond donors (Lipinski definition) is 1. The van der Waals surface area contributed by atoms with Gasteiger partial charge < -0.3 is 15.5 Å². The molecule has 1 aliphatic carbocycles. The smallest absolute Gasteiger partial charge is 0.258 e. The maximum atomic E-state index is 12.7. The van der Waals surface area contributed by atoms with Crippen molar-refractivity contribution in [2.24, 2.45) is 23.5 Å². The average molecular weight is 369 g/mol. The number of nitrogens with two attached hydrogens (primary N) is 1. The third kappa shape index (κ3) is 3.15. The lowest BCUT2D eigenvalue weighted by Crippen LogP contribution is -2.33. The first-order chi connectivity index (χ1) is 12.4. The van der Waals surface area contributed by atoms with Crippen LogP contribution < -0.4 is 5.73 Å². The van der Waals surface area contributed by atoms with Crippen LogP contribution in [0, 0.1) is 17.8 Å². The number of carbonyl (C=O) groups excluding carboxylic acids is 2. The minimum Gasteiger partial charge on any atom is -0.365 e. The van der Waals surface area contributed by atoms with Crippen molar-refractivity contribution in [1.82, 2.24) is 9.80 Å². The Hall–Kier alpha value is -2.18. The zero-order valence-corrected chi connectivity index (χ0v) is 15.8. The summed E-state index contributed by atoms with van der Waals surface area (Å²) in [6.45, 7) is 2.90. The Kier molecular flexibility index (Phi) is 4.32. The molecule has 1 saturated carbocycles. The fraction of sp³-hybridized carbons (Fsp3) is 0.400. The minimum atomic E-state index is -0.409. The van der Waals surface area contributed by atoms with E-state index in [4.69, 9.17) is 5.73 Å². The molecule has 2 aromatic rings. The summed E-state index contributed by atoms with van der Waals surface area (Å²) in [5.74, 6) is 1.83. The van der Waals surface area contributed by atoms with Crippen molar-refractivity contribution in [3.8, 4) is 11.1 Å². The monoisotopic (exact) mass is 369 g/mol. The first-order valence-corrected chi connectivity index (χ1v) is 9.75. The summed E-state index contributed by atoms with van der Waals surface area (Å²) in [5, 5.41) is 1.91. The quantitative estimate of drug-likeness (QED) is 0.880. The third-order valence-corrected chi connectivity index (χ3v) is 6.49. The Balaban J connectivity index is 1.40. The molecule has 0 bridgehead atoms. The summed E-state index contributed by atoms with van der Waals surface area (Å²) in [7, 11) is 4.22. The van der Waals surface area contributed by atoms with E-state index < -0.39 is 5.91 Å². The number of nitrogens with zero attached hydrogens (tertiary/aromatic N) is 2. The molecule has 6 heteroatoms. The van der Waals surface area contributed by atoms with Gasteiger partial charge >= 0.3 is 0 Å². The SMILES string of the molecule is CN(C)CC1[C@H]2CN(C(=O)c3ccc(-c4csc(C(N)=O)c4)cc3)C[C@@H]12. The van der Waals surface area contributed by atoms with Gasteiger partial charge in [-0.2, -0.15) is 0 Å². The summed E-state index contributed by atoms with van der Waals surface area (Å²) >= 11 is 1.34. The van der Waals surface area contributed by atoms with Crippen LogP contribution in [-0.2, 0) is 0 Å². The Morgan fingerprint density at radius 2 is 1.81 bits per heavy atom. The number of likely N-dealkylation sites (tertiary alicyclic amines) is 1. The molecule has 1 unspecified atom stereocenters. The van der Waals surface area contributed by atoms with Crippen LogP contribution in [0.15, 0.2) is 35.7 Å². The molecular formula is C20H23N3O2S. The van der Waals surface area contributed by atoms with Crippen molar-refractivity contribution >= 4 is 23.2 Å². The molecule has 4 rings (SSSR count). The van der Waals surface area contributed by atoms with E-state index in [0.29, 0.717) is 16.7 Å². The molecule has 2 fully saturated rings. The Morgan fingerprint density at radius 1 is 1.15 bits per heavy atom. The predicted octanol–water partition coefficient (Wildman–Crippen LogP) is 2.39. The van der Waals surface area contributed by atoms with Crippen molar-refractivity contribution in [1.29, 1.82) is 0 Å². The normalized spacial score (nSPS) is 24.0. The van der Waals surface area contributed by atoms with Gasteiger partial charge in [-0.1, -0.05) is 12.1 Å². The van der Waals surface area contributed by atoms with Crippen LogP contribution in [0.2, 0.25) is 0 Å². The van der Waals surface area contributed by atoms with Crippen molar-refractivity contribution in [3.63, 3.8) is 0 Å². The topological polar surface area (TPSA) is 66.6 Å². The maximum absolute atomic E-state index is 12.7. The number of thiophene rings is 1. The number of amides is 2.